The summed E-state index contributed by atoms with van der Waals surface area (Å²) in [6.07, 6.45) is 10.4. The van der Waals surface area contributed by atoms with Crippen molar-refractivity contribution in [2.75, 3.05) is 19.7 Å². The van der Waals surface area contributed by atoms with Crippen LogP contribution < -0.4 is 0 Å². The van der Waals surface area contributed by atoms with Crippen molar-refractivity contribution in [2.24, 2.45) is 5.92 Å². The highest BCUT2D eigenvalue weighted by Gasteiger charge is 2.41. The van der Waals surface area contributed by atoms with Gasteiger partial charge in [0.1, 0.15) is 0 Å². The van der Waals surface area contributed by atoms with Crippen molar-refractivity contribution in [1.82, 2.24) is 4.90 Å². The van der Waals surface area contributed by atoms with Gasteiger partial charge in [-0.1, -0.05) is 19.3 Å². The Kier molecular flexibility index (Phi) is 4.32. The van der Waals surface area contributed by atoms with Gasteiger partial charge in [0.15, 0.2) is 0 Å². The Bertz CT molecular complexity index is 346. The second kappa shape index (κ2) is 6.02. The first-order valence-corrected chi connectivity index (χ1v) is 8.29. The molecule has 3 rings (SSSR count). The molecule has 4 heteroatoms. The van der Waals surface area contributed by atoms with Crippen LogP contribution >= 0.6 is 0 Å². The van der Waals surface area contributed by atoms with Gasteiger partial charge in [0, 0.05) is 19.2 Å². The van der Waals surface area contributed by atoms with Gasteiger partial charge in [-0.05, 0) is 45.1 Å². The topological polar surface area (TPSA) is 49.8 Å². The summed E-state index contributed by atoms with van der Waals surface area (Å²) in [5.41, 5.74) is 0.122. The summed E-state index contributed by atoms with van der Waals surface area (Å²) in [7, 11) is 0. The van der Waals surface area contributed by atoms with Crippen molar-refractivity contribution in [2.45, 2.75) is 69.4 Å². The molecule has 2 heterocycles. The Morgan fingerprint density at radius 1 is 1.15 bits per heavy atom. The zero-order chi connectivity index (χ0) is 14.0. The maximum absolute atomic E-state index is 11.2. The molecule has 2 unspecified atom stereocenters. The van der Waals surface area contributed by atoms with Crippen molar-refractivity contribution < 1.29 is 14.6 Å². The van der Waals surface area contributed by atoms with Crippen LogP contribution in [0.1, 0.15) is 57.8 Å². The molecule has 2 aliphatic heterocycles. The largest absolute Gasteiger partial charge is 0.481 e. The monoisotopic (exact) mass is 281 g/mol. The SMILES string of the molecule is O=C(O)C1CCCN(C2CCOC3(CCCCC3)C2)C1. The number of piperidine rings is 1. The molecule has 1 aliphatic carbocycles. The molecule has 114 valence electrons. The van der Waals surface area contributed by atoms with E-state index in [1.54, 1.807) is 0 Å². The number of likely N-dealkylation sites (tertiary alicyclic amines) is 1. The summed E-state index contributed by atoms with van der Waals surface area (Å²) in [5.74, 6) is -0.775. The summed E-state index contributed by atoms with van der Waals surface area (Å²) in [6.45, 7) is 2.68. The summed E-state index contributed by atoms with van der Waals surface area (Å²) in [5, 5.41) is 9.25. The number of hydrogen-bond acceptors (Lipinski definition) is 3. The number of ether oxygens (including phenoxy) is 1. The van der Waals surface area contributed by atoms with Crippen molar-refractivity contribution in [3.8, 4) is 0 Å². The minimum atomic E-state index is -0.617. The molecule has 20 heavy (non-hydrogen) atoms. The van der Waals surface area contributed by atoms with Crippen molar-refractivity contribution >= 4 is 5.97 Å². The number of nitrogens with zero attached hydrogens (tertiary/aromatic N) is 1. The third kappa shape index (κ3) is 3.01. The van der Waals surface area contributed by atoms with Crippen LogP contribution in [-0.4, -0.2) is 47.3 Å². The molecular formula is C16H27NO3. The third-order valence-electron chi connectivity index (χ3n) is 5.55. The van der Waals surface area contributed by atoms with Crippen LogP contribution in [0, 0.1) is 5.92 Å². The molecule has 0 aromatic rings. The van der Waals surface area contributed by atoms with Crippen LogP contribution in [0.3, 0.4) is 0 Å². The maximum Gasteiger partial charge on any atom is 0.307 e. The van der Waals surface area contributed by atoms with Gasteiger partial charge in [-0.2, -0.15) is 0 Å². The minimum Gasteiger partial charge on any atom is -0.481 e. The van der Waals surface area contributed by atoms with E-state index in [0.29, 0.717) is 6.04 Å². The second-order valence-corrected chi connectivity index (χ2v) is 6.91. The Hall–Kier alpha value is -0.610. The number of hydrogen-bond donors (Lipinski definition) is 1. The molecule has 1 N–H and O–H groups in total. The zero-order valence-corrected chi connectivity index (χ0v) is 12.4. The first kappa shape index (κ1) is 14.3. The molecule has 1 saturated carbocycles. The van der Waals surface area contributed by atoms with Crippen LogP contribution in [0.5, 0.6) is 0 Å². The van der Waals surface area contributed by atoms with Crippen LogP contribution in [0.4, 0.5) is 0 Å². The number of rotatable bonds is 2. The molecule has 0 aromatic carbocycles. The van der Waals surface area contributed by atoms with Crippen molar-refractivity contribution in [3.05, 3.63) is 0 Å². The predicted octanol–water partition coefficient (Wildman–Crippen LogP) is 2.66. The molecule has 2 saturated heterocycles. The molecule has 2 atom stereocenters. The summed E-state index contributed by atoms with van der Waals surface area (Å²) in [6, 6.07) is 0.545. The highest BCUT2D eigenvalue weighted by atomic mass is 16.5. The molecule has 0 radical (unpaired) electrons. The minimum absolute atomic E-state index is 0.122. The van der Waals surface area contributed by atoms with Gasteiger partial charge in [0.05, 0.1) is 11.5 Å². The summed E-state index contributed by atoms with van der Waals surface area (Å²) >= 11 is 0. The van der Waals surface area contributed by atoms with E-state index in [1.165, 1.54) is 32.1 Å². The Balaban J connectivity index is 1.62. The molecule has 1 spiro atoms. The first-order valence-electron chi connectivity index (χ1n) is 8.29. The number of carboxylic acids is 1. The smallest absolute Gasteiger partial charge is 0.307 e. The molecule has 0 bridgehead atoms. The summed E-state index contributed by atoms with van der Waals surface area (Å²) < 4.78 is 6.16. The van der Waals surface area contributed by atoms with E-state index in [2.05, 4.69) is 4.90 Å². The normalized spacial score (nSPS) is 35.0. The molecule has 0 amide bonds. The highest BCUT2D eigenvalue weighted by Crippen LogP contribution is 2.40. The Labute approximate surface area is 121 Å². The molecule has 3 fully saturated rings. The van der Waals surface area contributed by atoms with Gasteiger partial charge >= 0.3 is 5.97 Å². The van der Waals surface area contributed by atoms with E-state index in [-0.39, 0.29) is 11.5 Å². The van der Waals surface area contributed by atoms with E-state index >= 15 is 0 Å². The van der Waals surface area contributed by atoms with Gasteiger partial charge in [-0.25, -0.2) is 0 Å². The zero-order valence-electron chi connectivity index (χ0n) is 12.4. The van der Waals surface area contributed by atoms with E-state index in [0.717, 1.165) is 45.4 Å². The fraction of sp³-hybridized carbons (Fsp3) is 0.938. The van der Waals surface area contributed by atoms with Crippen LogP contribution in [0.2, 0.25) is 0 Å². The average Bonchev–Trinajstić information content (AvgIpc) is 2.48. The van der Waals surface area contributed by atoms with Gasteiger partial charge in [0.2, 0.25) is 0 Å². The lowest BCUT2D eigenvalue weighted by Gasteiger charge is -2.48. The van der Waals surface area contributed by atoms with Crippen LogP contribution in [0.25, 0.3) is 0 Å². The molecule has 4 nitrogen and oxygen atoms in total. The Morgan fingerprint density at radius 2 is 1.95 bits per heavy atom. The molecular weight excluding hydrogens is 254 g/mol. The standard InChI is InChI=1S/C16H27NO3/c18-15(19)13-5-4-9-17(12-13)14-6-10-20-16(11-14)7-2-1-3-8-16/h13-14H,1-12H2,(H,18,19). The van der Waals surface area contributed by atoms with E-state index in [9.17, 15) is 9.90 Å². The second-order valence-electron chi connectivity index (χ2n) is 6.91. The predicted molar refractivity (Wildman–Crippen MR) is 76.7 cm³/mol. The fourth-order valence-electron chi connectivity index (χ4n) is 4.40. The highest BCUT2D eigenvalue weighted by molar-refractivity contribution is 5.70. The average molecular weight is 281 g/mol. The molecule has 3 aliphatic rings. The maximum atomic E-state index is 11.2. The lowest BCUT2D eigenvalue weighted by Crippen LogP contribution is -2.52. The van der Waals surface area contributed by atoms with Crippen molar-refractivity contribution in [3.63, 3.8) is 0 Å². The van der Waals surface area contributed by atoms with Gasteiger partial charge in [-0.3, -0.25) is 9.69 Å². The van der Waals surface area contributed by atoms with E-state index < -0.39 is 5.97 Å². The van der Waals surface area contributed by atoms with Crippen LogP contribution in [-0.2, 0) is 9.53 Å². The van der Waals surface area contributed by atoms with Gasteiger partial charge < -0.3 is 9.84 Å². The number of carboxylic acid groups (broad SMARTS) is 1. The molecule has 0 aromatic heterocycles. The van der Waals surface area contributed by atoms with Gasteiger partial charge in [-0.15, -0.1) is 0 Å². The Morgan fingerprint density at radius 3 is 2.70 bits per heavy atom. The third-order valence-corrected chi connectivity index (χ3v) is 5.55. The van der Waals surface area contributed by atoms with Gasteiger partial charge in [0.25, 0.3) is 0 Å². The van der Waals surface area contributed by atoms with E-state index in [1.807, 2.05) is 0 Å². The van der Waals surface area contributed by atoms with Crippen LogP contribution in [0.15, 0.2) is 0 Å². The van der Waals surface area contributed by atoms with E-state index in [4.69, 9.17) is 4.74 Å². The quantitative estimate of drug-likeness (QED) is 0.845. The summed E-state index contributed by atoms with van der Waals surface area (Å²) in [4.78, 5) is 13.7. The lowest BCUT2D eigenvalue weighted by atomic mass is 9.77. The van der Waals surface area contributed by atoms with Crippen molar-refractivity contribution in [1.29, 1.82) is 0 Å². The number of carbonyl (C=O) groups is 1. The fourth-order valence-corrected chi connectivity index (χ4v) is 4.40. The lowest BCUT2D eigenvalue weighted by molar-refractivity contribution is -0.147. The number of aliphatic carboxylic acids is 1. The first-order chi connectivity index (χ1) is 9.69.